The van der Waals surface area contributed by atoms with E-state index in [1.54, 1.807) is 18.2 Å². The van der Waals surface area contributed by atoms with Crippen LogP contribution in [0.2, 0.25) is 0 Å². The Morgan fingerprint density at radius 1 is 1.04 bits per heavy atom. The fourth-order valence-electron chi connectivity index (χ4n) is 3.07. The number of rotatable bonds is 6. The van der Waals surface area contributed by atoms with Crippen molar-refractivity contribution in [1.82, 2.24) is 4.31 Å². The molecule has 6 nitrogen and oxygen atoms in total. The maximum Gasteiger partial charge on any atom is 0.262 e. The van der Waals surface area contributed by atoms with E-state index in [9.17, 15) is 17.6 Å². The Balaban J connectivity index is 1.64. The molecule has 0 unspecified atom stereocenters. The maximum atomic E-state index is 13.1. The van der Waals surface area contributed by atoms with E-state index >= 15 is 0 Å². The lowest BCUT2D eigenvalue weighted by atomic mass is 10.2. The number of amides is 1. The van der Waals surface area contributed by atoms with Crippen molar-refractivity contribution in [2.75, 3.05) is 25.0 Å². The number of hydrogen-bond acceptors (Lipinski definition) is 4. The Labute approximate surface area is 164 Å². The molecule has 1 heterocycles. The topological polar surface area (TPSA) is 75.7 Å². The largest absolute Gasteiger partial charge is 0.484 e. The highest BCUT2D eigenvalue weighted by Crippen LogP contribution is 2.22. The molecule has 0 saturated carbocycles. The van der Waals surface area contributed by atoms with Gasteiger partial charge in [-0.15, -0.1) is 0 Å². The molecule has 3 rings (SSSR count). The van der Waals surface area contributed by atoms with E-state index in [2.05, 4.69) is 5.32 Å². The first-order chi connectivity index (χ1) is 13.4. The molecule has 1 aliphatic rings. The quantitative estimate of drug-likeness (QED) is 0.798. The van der Waals surface area contributed by atoms with Crippen LogP contribution < -0.4 is 10.1 Å². The Bertz CT molecular complexity index is 925. The van der Waals surface area contributed by atoms with Gasteiger partial charge in [0.2, 0.25) is 10.0 Å². The minimum atomic E-state index is -3.59. The summed E-state index contributed by atoms with van der Waals surface area (Å²) in [5, 5.41) is 2.61. The molecule has 150 valence electrons. The summed E-state index contributed by atoms with van der Waals surface area (Å²) in [6.45, 7) is 0.716. The van der Waals surface area contributed by atoms with Gasteiger partial charge in [-0.2, -0.15) is 4.31 Å². The molecule has 0 bridgehead atoms. The van der Waals surface area contributed by atoms with Gasteiger partial charge in [0, 0.05) is 24.8 Å². The molecule has 1 fully saturated rings. The van der Waals surface area contributed by atoms with Gasteiger partial charge in [0.1, 0.15) is 11.6 Å². The van der Waals surface area contributed by atoms with Crippen LogP contribution in [-0.2, 0) is 14.8 Å². The third kappa shape index (κ3) is 5.30. The fourth-order valence-corrected chi connectivity index (χ4v) is 4.63. The standard InChI is InChI=1S/C20H23FN2O4S/c21-16-7-5-9-18(13-16)27-15-20(24)22-17-8-6-10-19(14-17)28(25,26)23-11-3-1-2-4-12-23/h5-10,13-14H,1-4,11-12,15H2,(H,22,24). The molecule has 1 aliphatic heterocycles. The first-order valence-corrected chi connectivity index (χ1v) is 10.7. The second-order valence-corrected chi connectivity index (χ2v) is 8.58. The minimum Gasteiger partial charge on any atom is -0.484 e. The van der Waals surface area contributed by atoms with Gasteiger partial charge < -0.3 is 10.1 Å². The molecule has 2 aromatic carbocycles. The lowest BCUT2D eigenvalue weighted by Gasteiger charge is -2.20. The summed E-state index contributed by atoms with van der Waals surface area (Å²) in [5.74, 6) is -0.675. The van der Waals surface area contributed by atoms with Gasteiger partial charge in [-0.1, -0.05) is 25.0 Å². The summed E-state index contributed by atoms with van der Waals surface area (Å²) in [4.78, 5) is 12.2. The van der Waals surface area contributed by atoms with Crippen LogP contribution in [0.4, 0.5) is 10.1 Å². The molecule has 0 aromatic heterocycles. The zero-order chi connectivity index (χ0) is 20.0. The summed E-state index contributed by atoms with van der Waals surface area (Å²) >= 11 is 0. The second kappa shape index (κ2) is 9.16. The fraction of sp³-hybridized carbons (Fsp3) is 0.350. The van der Waals surface area contributed by atoms with Crippen molar-refractivity contribution in [3.8, 4) is 5.75 Å². The lowest BCUT2D eigenvalue weighted by Crippen LogP contribution is -2.32. The molecular formula is C20H23FN2O4S. The molecule has 0 spiro atoms. The number of sulfonamides is 1. The average molecular weight is 406 g/mol. The van der Waals surface area contributed by atoms with Gasteiger partial charge in [0.25, 0.3) is 5.91 Å². The molecule has 0 atom stereocenters. The summed E-state index contributed by atoms with van der Waals surface area (Å²) in [5.41, 5.74) is 0.365. The number of halogens is 1. The van der Waals surface area contributed by atoms with Gasteiger partial charge >= 0.3 is 0 Å². The Hall–Kier alpha value is -2.45. The van der Waals surface area contributed by atoms with Crippen LogP contribution in [0.3, 0.4) is 0 Å². The highest BCUT2D eigenvalue weighted by molar-refractivity contribution is 7.89. The first-order valence-electron chi connectivity index (χ1n) is 9.23. The molecule has 28 heavy (non-hydrogen) atoms. The van der Waals surface area contributed by atoms with Crippen molar-refractivity contribution in [2.24, 2.45) is 0 Å². The molecular weight excluding hydrogens is 383 g/mol. The SMILES string of the molecule is O=C(COc1cccc(F)c1)Nc1cccc(S(=O)(=O)N2CCCCCC2)c1. The number of nitrogens with one attached hydrogen (secondary N) is 1. The van der Waals surface area contributed by atoms with Crippen LogP contribution in [0.1, 0.15) is 25.7 Å². The van der Waals surface area contributed by atoms with Gasteiger partial charge in [0.05, 0.1) is 4.90 Å². The summed E-state index contributed by atoms with van der Waals surface area (Å²) in [6, 6.07) is 11.7. The number of benzene rings is 2. The predicted molar refractivity (Wildman–Crippen MR) is 104 cm³/mol. The van der Waals surface area contributed by atoms with E-state index in [0.29, 0.717) is 18.8 Å². The summed E-state index contributed by atoms with van der Waals surface area (Å²) in [6.07, 6.45) is 3.78. The minimum absolute atomic E-state index is 0.151. The van der Waals surface area contributed by atoms with Crippen molar-refractivity contribution < 1.29 is 22.3 Å². The van der Waals surface area contributed by atoms with Crippen LogP contribution in [0.25, 0.3) is 0 Å². The van der Waals surface area contributed by atoms with E-state index in [4.69, 9.17) is 4.74 Å². The Morgan fingerprint density at radius 3 is 2.46 bits per heavy atom. The van der Waals surface area contributed by atoms with E-state index in [1.165, 1.54) is 34.6 Å². The van der Waals surface area contributed by atoms with Crippen molar-refractivity contribution in [2.45, 2.75) is 30.6 Å². The van der Waals surface area contributed by atoms with Crippen LogP contribution in [0, 0.1) is 5.82 Å². The Morgan fingerprint density at radius 2 is 1.75 bits per heavy atom. The zero-order valence-corrected chi connectivity index (χ0v) is 16.3. The first kappa shape index (κ1) is 20.3. The van der Waals surface area contributed by atoms with Crippen LogP contribution in [-0.4, -0.2) is 38.3 Å². The predicted octanol–water partition coefficient (Wildman–Crippen LogP) is 3.41. The second-order valence-electron chi connectivity index (χ2n) is 6.64. The van der Waals surface area contributed by atoms with Crippen LogP contribution >= 0.6 is 0 Å². The van der Waals surface area contributed by atoms with E-state index in [1.807, 2.05) is 0 Å². The summed E-state index contributed by atoms with van der Waals surface area (Å²) in [7, 11) is -3.59. The normalized spacial score (nSPS) is 15.6. The highest BCUT2D eigenvalue weighted by atomic mass is 32.2. The van der Waals surface area contributed by atoms with Crippen molar-refractivity contribution >= 4 is 21.6 Å². The lowest BCUT2D eigenvalue weighted by molar-refractivity contribution is -0.118. The van der Waals surface area contributed by atoms with E-state index in [-0.39, 0.29) is 17.3 Å². The number of anilines is 1. The molecule has 1 N–H and O–H groups in total. The third-order valence-corrected chi connectivity index (χ3v) is 6.38. The van der Waals surface area contributed by atoms with Gasteiger partial charge in [0.15, 0.2) is 6.61 Å². The molecule has 1 saturated heterocycles. The van der Waals surface area contributed by atoms with Crippen LogP contribution in [0.15, 0.2) is 53.4 Å². The molecule has 0 aliphatic carbocycles. The van der Waals surface area contributed by atoms with Crippen molar-refractivity contribution in [1.29, 1.82) is 0 Å². The average Bonchev–Trinajstić information content (AvgIpc) is 2.97. The van der Waals surface area contributed by atoms with Gasteiger partial charge in [-0.25, -0.2) is 12.8 Å². The van der Waals surface area contributed by atoms with E-state index < -0.39 is 21.7 Å². The van der Waals surface area contributed by atoms with E-state index in [0.717, 1.165) is 25.7 Å². The molecule has 0 radical (unpaired) electrons. The number of carbonyl (C=O) groups excluding carboxylic acids is 1. The highest BCUT2D eigenvalue weighted by Gasteiger charge is 2.25. The van der Waals surface area contributed by atoms with Crippen molar-refractivity contribution in [3.63, 3.8) is 0 Å². The number of carbonyl (C=O) groups is 1. The maximum absolute atomic E-state index is 13.1. The summed E-state index contributed by atoms with van der Waals surface area (Å²) < 4.78 is 45.6. The van der Waals surface area contributed by atoms with Gasteiger partial charge in [-0.3, -0.25) is 4.79 Å². The number of nitrogens with zero attached hydrogens (tertiary/aromatic N) is 1. The number of hydrogen-bond donors (Lipinski definition) is 1. The third-order valence-electron chi connectivity index (χ3n) is 4.49. The smallest absolute Gasteiger partial charge is 0.262 e. The molecule has 2 aromatic rings. The monoisotopic (exact) mass is 406 g/mol. The zero-order valence-electron chi connectivity index (χ0n) is 15.4. The van der Waals surface area contributed by atoms with Crippen molar-refractivity contribution in [3.05, 3.63) is 54.3 Å². The van der Waals surface area contributed by atoms with Gasteiger partial charge in [-0.05, 0) is 43.2 Å². The number of ether oxygens (including phenoxy) is 1. The molecule has 1 amide bonds. The van der Waals surface area contributed by atoms with Crippen LogP contribution in [0.5, 0.6) is 5.75 Å². The molecule has 8 heteroatoms. The Kier molecular flexibility index (Phi) is 6.64.